The molecule has 0 fully saturated rings. The third kappa shape index (κ3) is 4.43. The van der Waals surface area contributed by atoms with Gasteiger partial charge in [-0.25, -0.2) is 4.79 Å². The molecule has 5 rings (SSSR count). The molecule has 4 aromatic rings. The first-order valence-corrected chi connectivity index (χ1v) is 10.5. The number of para-hydroxylation sites is 2. The molecule has 1 aliphatic heterocycles. The van der Waals surface area contributed by atoms with Crippen molar-refractivity contribution in [3.8, 4) is 11.5 Å². The fraction of sp³-hybridized carbons (Fsp3) is 0.0769. The SMILES string of the molecule is O=C(NCc1ccco1)Nc1ccc(NC(=O)C2c3ccccc3Oc3ccccc32)cc1. The van der Waals surface area contributed by atoms with E-state index in [0.29, 0.717) is 35.2 Å². The highest BCUT2D eigenvalue weighted by atomic mass is 16.5. The average Bonchev–Trinajstić information content (AvgIpc) is 3.36. The maximum atomic E-state index is 13.3. The van der Waals surface area contributed by atoms with E-state index in [4.69, 9.17) is 9.15 Å². The van der Waals surface area contributed by atoms with Gasteiger partial charge in [-0.15, -0.1) is 0 Å². The molecule has 3 aromatic carbocycles. The number of urea groups is 1. The Kier molecular flexibility index (Phi) is 5.51. The van der Waals surface area contributed by atoms with Gasteiger partial charge in [-0.1, -0.05) is 36.4 Å². The van der Waals surface area contributed by atoms with Gasteiger partial charge < -0.3 is 25.1 Å². The highest BCUT2D eigenvalue weighted by molar-refractivity contribution is 6.00. The molecule has 0 bridgehead atoms. The smallest absolute Gasteiger partial charge is 0.319 e. The summed E-state index contributed by atoms with van der Waals surface area (Å²) in [6.45, 7) is 0.293. The van der Waals surface area contributed by atoms with Crippen molar-refractivity contribution in [1.82, 2.24) is 5.32 Å². The lowest BCUT2D eigenvalue weighted by Gasteiger charge is -2.27. The van der Waals surface area contributed by atoms with Crippen molar-refractivity contribution in [1.29, 1.82) is 0 Å². The van der Waals surface area contributed by atoms with Crippen LogP contribution in [-0.2, 0) is 11.3 Å². The van der Waals surface area contributed by atoms with Gasteiger partial charge in [-0.2, -0.15) is 0 Å². The zero-order chi connectivity index (χ0) is 22.6. The summed E-state index contributed by atoms with van der Waals surface area (Å²) in [7, 11) is 0. The zero-order valence-electron chi connectivity index (χ0n) is 17.6. The van der Waals surface area contributed by atoms with E-state index in [1.54, 1.807) is 42.7 Å². The van der Waals surface area contributed by atoms with Crippen LogP contribution in [0.5, 0.6) is 11.5 Å². The van der Waals surface area contributed by atoms with E-state index in [9.17, 15) is 9.59 Å². The maximum absolute atomic E-state index is 13.3. The maximum Gasteiger partial charge on any atom is 0.319 e. The Hall–Kier alpha value is -4.52. The number of carbonyl (C=O) groups is 2. The van der Waals surface area contributed by atoms with Crippen LogP contribution >= 0.6 is 0 Å². The van der Waals surface area contributed by atoms with Crippen molar-refractivity contribution in [2.24, 2.45) is 0 Å². The Morgan fingerprint density at radius 1 is 0.727 bits per heavy atom. The molecule has 0 atom stereocenters. The predicted octanol–water partition coefficient (Wildman–Crippen LogP) is 5.48. The number of rotatable bonds is 5. The summed E-state index contributed by atoms with van der Waals surface area (Å²) in [5, 5.41) is 8.45. The molecule has 1 aromatic heterocycles. The molecule has 7 nitrogen and oxygen atoms in total. The monoisotopic (exact) mass is 439 g/mol. The summed E-state index contributed by atoms with van der Waals surface area (Å²) in [5.41, 5.74) is 2.87. The highest BCUT2D eigenvalue weighted by Gasteiger charge is 2.32. The molecule has 0 radical (unpaired) electrons. The summed E-state index contributed by atoms with van der Waals surface area (Å²) in [4.78, 5) is 25.4. The molecule has 3 amide bonds. The first kappa shape index (κ1) is 20.4. The fourth-order valence-corrected chi connectivity index (χ4v) is 3.80. The number of furan rings is 1. The molecule has 0 saturated heterocycles. The number of benzene rings is 3. The summed E-state index contributed by atoms with van der Waals surface area (Å²) in [6, 6.07) is 25.3. The molecule has 7 heteroatoms. The van der Waals surface area contributed by atoms with Crippen molar-refractivity contribution < 1.29 is 18.7 Å². The Morgan fingerprint density at radius 2 is 1.33 bits per heavy atom. The molecular weight excluding hydrogens is 418 g/mol. The second-order valence-electron chi connectivity index (χ2n) is 7.56. The van der Waals surface area contributed by atoms with Crippen LogP contribution in [0.3, 0.4) is 0 Å². The third-order valence-electron chi connectivity index (χ3n) is 5.36. The van der Waals surface area contributed by atoms with Crippen molar-refractivity contribution in [3.63, 3.8) is 0 Å². The van der Waals surface area contributed by atoms with Crippen LogP contribution in [0.4, 0.5) is 16.2 Å². The van der Waals surface area contributed by atoms with Crippen molar-refractivity contribution in [2.75, 3.05) is 10.6 Å². The predicted molar refractivity (Wildman–Crippen MR) is 124 cm³/mol. The lowest BCUT2D eigenvalue weighted by atomic mass is 9.87. The Morgan fingerprint density at radius 3 is 1.94 bits per heavy atom. The first-order chi connectivity index (χ1) is 16.2. The van der Waals surface area contributed by atoms with Crippen LogP contribution in [0.1, 0.15) is 22.8 Å². The molecule has 164 valence electrons. The van der Waals surface area contributed by atoms with Crippen LogP contribution in [0.15, 0.2) is 95.6 Å². The van der Waals surface area contributed by atoms with Crippen molar-refractivity contribution in [3.05, 3.63) is 108 Å². The van der Waals surface area contributed by atoms with Crippen molar-refractivity contribution >= 4 is 23.3 Å². The number of fused-ring (bicyclic) bond motifs is 2. The van der Waals surface area contributed by atoms with Gasteiger partial charge in [-0.05, 0) is 48.5 Å². The fourth-order valence-electron chi connectivity index (χ4n) is 3.80. The number of hydrogen-bond donors (Lipinski definition) is 3. The normalized spacial score (nSPS) is 12.1. The molecule has 33 heavy (non-hydrogen) atoms. The standard InChI is InChI=1S/C26H21N3O4/c30-25(24-20-7-1-3-9-22(20)33-23-10-4-2-8-21(23)24)28-17-11-13-18(14-12-17)29-26(31)27-16-19-6-5-15-32-19/h1-15,24H,16H2,(H,28,30)(H2,27,29,31). The van der Waals surface area contributed by atoms with Gasteiger partial charge in [0, 0.05) is 22.5 Å². The topological polar surface area (TPSA) is 92.6 Å². The zero-order valence-corrected chi connectivity index (χ0v) is 17.6. The molecule has 2 heterocycles. The van der Waals surface area contributed by atoms with Crippen LogP contribution < -0.4 is 20.7 Å². The minimum Gasteiger partial charge on any atom is -0.467 e. The van der Waals surface area contributed by atoms with E-state index in [1.807, 2.05) is 48.5 Å². The minimum absolute atomic E-state index is 0.157. The van der Waals surface area contributed by atoms with Gasteiger partial charge in [-0.3, -0.25) is 4.79 Å². The summed E-state index contributed by atoms with van der Waals surface area (Å²) in [5.74, 6) is 1.37. The number of carbonyl (C=O) groups excluding carboxylic acids is 2. The first-order valence-electron chi connectivity index (χ1n) is 10.5. The number of amides is 3. The van der Waals surface area contributed by atoms with Gasteiger partial charge in [0.25, 0.3) is 0 Å². The highest BCUT2D eigenvalue weighted by Crippen LogP contribution is 2.44. The lowest BCUT2D eigenvalue weighted by molar-refractivity contribution is -0.116. The second kappa shape index (κ2) is 8.92. The van der Waals surface area contributed by atoms with Crippen molar-refractivity contribution in [2.45, 2.75) is 12.5 Å². The minimum atomic E-state index is -0.490. The van der Waals surface area contributed by atoms with Gasteiger partial charge in [0.1, 0.15) is 17.3 Å². The number of hydrogen-bond acceptors (Lipinski definition) is 4. The Labute approximate surface area is 190 Å². The Balaban J connectivity index is 1.26. The molecular formula is C26H21N3O4. The van der Waals surface area contributed by atoms with E-state index in [2.05, 4.69) is 16.0 Å². The lowest BCUT2D eigenvalue weighted by Crippen LogP contribution is -2.28. The summed E-state index contributed by atoms with van der Waals surface area (Å²) < 4.78 is 11.2. The van der Waals surface area contributed by atoms with E-state index < -0.39 is 5.92 Å². The average molecular weight is 439 g/mol. The summed E-state index contributed by atoms with van der Waals surface area (Å²) >= 11 is 0. The van der Waals surface area contributed by atoms with Gasteiger partial charge in [0.2, 0.25) is 5.91 Å². The number of anilines is 2. The van der Waals surface area contributed by atoms with Crippen LogP contribution in [-0.4, -0.2) is 11.9 Å². The summed E-state index contributed by atoms with van der Waals surface area (Å²) in [6.07, 6.45) is 1.56. The van der Waals surface area contributed by atoms with Crippen LogP contribution in [0.25, 0.3) is 0 Å². The molecule has 0 unspecified atom stereocenters. The molecule has 0 saturated carbocycles. The second-order valence-corrected chi connectivity index (χ2v) is 7.56. The quantitative estimate of drug-likeness (QED) is 0.384. The van der Waals surface area contributed by atoms with Gasteiger partial charge in [0.05, 0.1) is 18.7 Å². The molecule has 0 spiro atoms. The van der Waals surface area contributed by atoms with E-state index in [1.165, 1.54) is 0 Å². The molecule has 0 aliphatic carbocycles. The van der Waals surface area contributed by atoms with E-state index in [0.717, 1.165) is 11.1 Å². The molecule has 1 aliphatic rings. The third-order valence-corrected chi connectivity index (χ3v) is 5.36. The van der Waals surface area contributed by atoms with Gasteiger partial charge >= 0.3 is 6.03 Å². The molecule has 3 N–H and O–H groups in total. The van der Waals surface area contributed by atoms with Gasteiger partial charge in [0.15, 0.2) is 0 Å². The van der Waals surface area contributed by atoms with E-state index >= 15 is 0 Å². The van der Waals surface area contributed by atoms with E-state index in [-0.39, 0.29) is 11.9 Å². The largest absolute Gasteiger partial charge is 0.467 e. The Bertz CT molecular complexity index is 1240. The van der Waals surface area contributed by atoms with Crippen LogP contribution in [0.2, 0.25) is 0 Å². The number of nitrogens with one attached hydrogen (secondary N) is 3. The van der Waals surface area contributed by atoms with Crippen LogP contribution in [0, 0.1) is 0 Å². The number of ether oxygens (including phenoxy) is 1.